The van der Waals surface area contributed by atoms with Gasteiger partial charge in [0.2, 0.25) is 5.91 Å². The molecule has 1 aromatic rings. The van der Waals surface area contributed by atoms with Gasteiger partial charge in [0.05, 0.1) is 5.69 Å². The van der Waals surface area contributed by atoms with Gasteiger partial charge in [-0.1, -0.05) is 23.2 Å². The zero-order valence-corrected chi connectivity index (χ0v) is 10.2. The van der Waals surface area contributed by atoms with Crippen molar-refractivity contribution in [1.29, 1.82) is 0 Å². The molecule has 1 amide bonds. The third-order valence-corrected chi connectivity index (χ3v) is 2.11. The summed E-state index contributed by atoms with van der Waals surface area (Å²) in [6.07, 6.45) is 0. The van der Waals surface area contributed by atoms with E-state index in [2.05, 4.69) is 10.3 Å². The normalized spacial score (nSPS) is 11.4. The molecule has 84 valence electrons. The minimum Gasteiger partial charge on any atom is -0.371 e. The number of hydrogen-bond acceptors (Lipinski definition) is 3. The minimum atomic E-state index is -0.504. The van der Waals surface area contributed by atoms with Crippen molar-refractivity contribution in [3.63, 3.8) is 0 Å². The van der Waals surface area contributed by atoms with Gasteiger partial charge in [0.1, 0.15) is 11.2 Å². The van der Waals surface area contributed by atoms with Gasteiger partial charge in [0.15, 0.2) is 5.15 Å². The van der Waals surface area contributed by atoms with E-state index < -0.39 is 11.9 Å². The van der Waals surface area contributed by atoms with E-state index in [1.807, 2.05) is 0 Å². The number of nitrogens with two attached hydrogens (primary N) is 1. The molecule has 0 unspecified atom stereocenters. The molecule has 1 rings (SSSR count). The predicted octanol–water partition coefficient (Wildman–Crippen LogP) is 2.10. The number of carbonyl (C=O) groups is 1. The highest BCUT2D eigenvalue weighted by molar-refractivity contribution is 6.34. The van der Waals surface area contributed by atoms with Crippen LogP contribution in [0.15, 0.2) is 12.1 Å². The lowest BCUT2D eigenvalue weighted by atomic mass is 10.3. The fourth-order valence-electron chi connectivity index (χ4n) is 0.824. The van der Waals surface area contributed by atoms with Crippen LogP contribution in [0.25, 0.3) is 0 Å². The first-order valence-electron chi connectivity index (χ1n) is 3.88. The number of amides is 1. The van der Waals surface area contributed by atoms with E-state index >= 15 is 0 Å². The zero-order valence-electron chi connectivity index (χ0n) is 7.83. The Morgan fingerprint density at radius 2 is 2.13 bits per heavy atom. The highest BCUT2D eigenvalue weighted by atomic mass is 35.5. The number of anilines is 1. The molecule has 0 aliphatic heterocycles. The minimum absolute atomic E-state index is 0. The van der Waals surface area contributed by atoms with E-state index in [9.17, 15) is 4.79 Å². The molecule has 1 atom stereocenters. The van der Waals surface area contributed by atoms with Crippen molar-refractivity contribution in [2.75, 3.05) is 5.32 Å². The van der Waals surface area contributed by atoms with E-state index in [0.717, 1.165) is 0 Å². The molecule has 0 fully saturated rings. The molecule has 0 saturated heterocycles. The first-order chi connectivity index (χ1) is 6.50. The Labute approximate surface area is 104 Å². The molecular weight excluding hydrogens is 260 g/mol. The number of rotatable bonds is 3. The van der Waals surface area contributed by atoms with E-state index in [4.69, 9.17) is 28.9 Å². The summed E-state index contributed by atoms with van der Waals surface area (Å²) in [7, 11) is 0. The summed E-state index contributed by atoms with van der Waals surface area (Å²) in [5.74, 6) is -0.462. The Kier molecular flexibility index (Phi) is 5.72. The largest absolute Gasteiger partial charge is 0.371 e. The topological polar surface area (TPSA) is 68.0 Å². The quantitative estimate of drug-likeness (QED) is 0.827. The first-order valence-corrected chi connectivity index (χ1v) is 4.64. The van der Waals surface area contributed by atoms with E-state index in [1.54, 1.807) is 19.1 Å². The second-order valence-corrected chi connectivity index (χ2v) is 3.49. The number of nitrogens with zero attached hydrogens (tertiary/aromatic N) is 1. The lowest BCUT2D eigenvalue weighted by molar-refractivity contribution is -0.118. The van der Waals surface area contributed by atoms with Gasteiger partial charge in [0, 0.05) is 0 Å². The van der Waals surface area contributed by atoms with Crippen LogP contribution in [0.1, 0.15) is 6.92 Å². The Morgan fingerprint density at radius 3 is 2.60 bits per heavy atom. The van der Waals surface area contributed by atoms with Crippen molar-refractivity contribution in [2.45, 2.75) is 13.0 Å². The first kappa shape index (κ1) is 14.3. The number of nitrogens with one attached hydrogen (secondary N) is 1. The second kappa shape index (κ2) is 6.00. The molecule has 0 radical (unpaired) electrons. The molecule has 0 aromatic carbocycles. The molecule has 0 aliphatic carbocycles. The fraction of sp³-hybridized carbons (Fsp3) is 0.250. The molecule has 0 saturated carbocycles. The van der Waals surface area contributed by atoms with Crippen molar-refractivity contribution in [2.24, 2.45) is 5.73 Å². The smallest absolute Gasteiger partial charge is 0.239 e. The van der Waals surface area contributed by atoms with Gasteiger partial charge in [0.25, 0.3) is 0 Å². The summed E-state index contributed by atoms with van der Waals surface area (Å²) < 4.78 is 0. The molecule has 0 spiro atoms. The Hall–Kier alpha value is -0.710. The number of carbonyl (C=O) groups excluding carboxylic acids is 1. The molecule has 7 heteroatoms. The van der Waals surface area contributed by atoms with Gasteiger partial charge < -0.3 is 11.1 Å². The Bertz CT molecular complexity index is 359. The van der Waals surface area contributed by atoms with E-state index in [1.165, 1.54) is 0 Å². The zero-order chi connectivity index (χ0) is 10.7. The molecular formula is C8H10Cl3N3O. The van der Waals surface area contributed by atoms with Crippen molar-refractivity contribution >= 4 is 47.2 Å². The summed E-state index contributed by atoms with van der Waals surface area (Å²) in [6.45, 7) is 1.63. The van der Waals surface area contributed by atoms with Gasteiger partial charge >= 0.3 is 0 Å². The van der Waals surface area contributed by atoms with Crippen molar-refractivity contribution in [1.82, 2.24) is 4.98 Å². The summed E-state index contributed by atoms with van der Waals surface area (Å²) in [5, 5.41) is 3.32. The predicted molar refractivity (Wildman–Crippen MR) is 63.8 cm³/mol. The molecule has 1 heterocycles. The maximum Gasteiger partial charge on any atom is 0.239 e. The van der Waals surface area contributed by atoms with E-state index in [0.29, 0.717) is 10.8 Å². The van der Waals surface area contributed by atoms with Crippen LogP contribution < -0.4 is 11.1 Å². The van der Waals surface area contributed by atoms with Gasteiger partial charge in [-0.25, -0.2) is 4.98 Å². The Morgan fingerprint density at radius 1 is 1.53 bits per heavy atom. The fourth-order valence-corrected chi connectivity index (χ4v) is 1.22. The lowest BCUT2D eigenvalue weighted by Crippen LogP contribution is -2.32. The van der Waals surface area contributed by atoms with Gasteiger partial charge in [-0.2, -0.15) is 0 Å². The number of primary amides is 1. The van der Waals surface area contributed by atoms with Crippen LogP contribution in [0.3, 0.4) is 0 Å². The number of aromatic nitrogens is 1. The lowest BCUT2D eigenvalue weighted by Gasteiger charge is -2.12. The van der Waals surface area contributed by atoms with Crippen LogP contribution in [0.5, 0.6) is 0 Å². The maximum absolute atomic E-state index is 10.8. The van der Waals surface area contributed by atoms with Gasteiger partial charge in [-0.15, -0.1) is 12.4 Å². The summed E-state index contributed by atoms with van der Waals surface area (Å²) >= 11 is 11.4. The average Bonchev–Trinajstić information content (AvgIpc) is 2.09. The van der Waals surface area contributed by atoms with Gasteiger partial charge in [-0.05, 0) is 19.1 Å². The molecule has 0 aliphatic rings. The van der Waals surface area contributed by atoms with Crippen molar-refractivity contribution < 1.29 is 4.79 Å². The average molecular weight is 271 g/mol. The molecule has 15 heavy (non-hydrogen) atoms. The maximum atomic E-state index is 10.8. The van der Waals surface area contributed by atoms with Crippen LogP contribution in [-0.4, -0.2) is 16.9 Å². The van der Waals surface area contributed by atoms with Crippen LogP contribution in [0.4, 0.5) is 5.69 Å². The van der Waals surface area contributed by atoms with Gasteiger partial charge in [-0.3, -0.25) is 4.79 Å². The van der Waals surface area contributed by atoms with Crippen molar-refractivity contribution in [3.8, 4) is 0 Å². The summed E-state index contributed by atoms with van der Waals surface area (Å²) in [4.78, 5) is 14.6. The summed E-state index contributed by atoms with van der Waals surface area (Å²) in [5.41, 5.74) is 5.60. The SMILES string of the molecule is C[C@@H](Nc1ccc(Cl)nc1Cl)C(N)=O.Cl. The van der Waals surface area contributed by atoms with Crippen molar-refractivity contribution in [3.05, 3.63) is 22.4 Å². The summed E-state index contributed by atoms with van der Waals surface area (Å²) in [6, 6.07) is 2.70. The number of hydrogen-bond donors (Lipinski definition) is 2. The molecule has 4 nitrogen and oxygen atoms in total. The number of halogens is 3. The molecule has 0 bridgehead atoms. The standard InChI is InChI=1S/C8H9Cl2N3O.ClH/c1-4(8(11)14)12-5-2-3-6(9)13-7(5)10;/h2-4,12H,1H3,(H2,11,14);1H/t4-;/m1./s1. The highest BCUT2D eigenvalue weighted by Gasteiger charge is 2.10. The monoisotopic (exact) mass is 269 g/mol. The van der Waals surface area contributed by atoms with Crippen LogP contribution >= 0.6 is 35.6 Å². The number of pyridine rings is 1. The van der Waals surface area contributed by atoms with Crippen LogP contribution in [0, 0.1) is 0 Å². The molecule has 1 aromatic heterocycles. The third kappa shape index (κ3) is 4.11. The van der Waals surface area contributed by atoms with Crippen LogP contribution in [0.2, 0.25) is 10.3 Å². The van der Waals surface area contributed by atoms with E-state index in [-0.39, 0.29) is 17.6 Å². The highest BCUT2D eigenvalue weighted by Crippen LogP contribution is 2.21. The molecule has 3 N–H and O–H groups in total. The van der Waals surface area contributed by atoms with Crippen LogP contribution in [-0.2, 0) is 4.79 Å². The Balaban J connectivity index is 0.00000196. The second-order valence-electron chi connectivity index (χ2n) is 2.74. The third-order valence-electron chi connectivity index (χ3n) is 1.61.